The maximum absolute atomic E-state index is 10.8. The molecule has 86 valence electrons. The second kappa shape index (κ2) is 4.69. The van der Waals surface area contributed by atoms with Crippen molar-refractivity contribution in [2.24, 2.45) is 0 Å². The van der Waals surface area contributed by atoms with Gasteiger partial charge in [0.15, 0.2) is 0 Å². The minimum Gasteiger partial charge on any atom is -0.371 e. The number of anilines is 1. The molecule has 2 rings (SSSR count). The SMILES string of the molecule is CCc1cc(C=O)cc(C)c1N1CCCC1. The molecule has 0 spiro atoms. The molecule has 2 heteroatoms. The van der Waals surface area contributed by atoms with Gasteiger partial charge < -0.3 is 4.90 Å². The zero-order valence-corrected chi connectivity index (χ0v) is 10.1. The Balaban J connectivity index is 2.45. The van der Waals surface area contributed by atoms with Crippen LogP contribution in [0.2, 0.25) is 0 Å². The Morgan fingerprint density at radius 2 is 2.00 bits per heavy atom. The van der Waals surface area contributed by atoms with Gasteiger partial charge in [-0.05, 0) is 49.4 Å². The van der Waals surface area contributed by atoms with Gasteiger partial charge in [0.25, 0.3) is 0 Å². The summed E-state index contributed by atoms with van der Waals surface area (Å²) in [6, 6.07) is 4.04. The van der Waals surface area contributed by atoms with Gasteiger partial charge in [0.2, 0.25) is 0 Å². The Bertz CT molecular complexity index is 392. The van der Waals surface area contributed by atoms with Gasteiger partial charge in [-0.25, -0.2) is 0 Å². The van der Waals surface area contributed by atoms with Crippen LogP contribution in [-0.2, 0) is 6.42 Å². The van der Waals surface area contributed by atoms with Crippen LogP contribution in [0.3, 0.4) is 0 Å². The highest BCUT2D eigenvalue weighted by molar-refractivity contribution is 5.78. The highest BCUT2D eigenvalue weighted by Gasteiger charge is 2.17. The van der Waals surface area contributed by atoms with E-state index in [4.69, 9.17) is 0 Å². The Hall–Kier alpha value is -1.31. The Labute approximate surface area is 97.3 Å². The molecule has 1 aromatic carbocycles. The largest absolute Gasteiger partial charge is 0.371 e. The van der Waals surface area contributed by atoms with Crippen molar-refractivity contribution in [2.75, 3.05) is 18.0 Å². The molecule has 0 N–H and O–H groups in total. The van der Waals surface area contributed by atoms with Gasteiger partial charge in [-0.3, -0.25) is 4.79 Å². The summed E-state index contributed by atoms with van der Waals surface area (Å²) in [5, 5.41) is 0. The number of hydrogen-bond acceptors (Lipinski definition) is 2. The fourth-order valence-corrected chi connectivity index (χ4v) is 2.61. The lowest BCUT2D eigenvalue weighted by atomic mass is 10.0. The first-order chi connectivity index (χ1) is 7.76. The summed E-state index contributed by atoms with van der Waals surface area (Å²) >= 11 is 0. The normalized spacial score (nSPS) is 15.5. The molecule has 0 bridgehead atoms. The van der Waals surface area contributed by atoms with Crippen LogP contribution in [0.5, 0.6) is 0 Å². The van der Waals surface area contributed by atoms with Crippen molar-refractivity contribution in [3.05, 3.63) is 28.8 Å². The van der Waals surface area contributed by atoms with Crippen molar-refractivity contribution in [3.8, 4) is 0 Å². The lowest BCUT2D eigenvalue weighted by Crippen LogP contribution is -2.20. The Kier molecular flexibility index (Phi) is 3.28. The Morgan fingerprint density at radius 1 is 1.31 bits per heavy atom. The standard InChI is InChI=1S/C14H19NO/c1-3-13-9-12(10-16)8-11(2)14(13)15-6-4-5-7-15/h8-10H,3-7H2,1-2H3. The van der Waals surface area contributed by atoms with E-state index in [0.29, 0.717) is 0 Å². The average Bonchev–Trinajstić information content (AvgIpc) is 2.81. The number of aryl methyl sites for hydroxylation is 2. The Morgan fingerprint density at radius 3 is 2.56 bits per heavy atom. The predicted molar refractivity (Wildman–Crippen MR) is 67.4 cm³/mol. The first-order valence-corrected chi connectivity index (χ1v) is 6.10. The maximum Gasteiger partial charge on any atom is 0.150 e. The number of nitrogens with zero attached hydrogens (tertiary/aromatic N) is 1. The maximum atomic E-state index is 10.8. The molecular weight excluding hydrogens is 198 g/mol. The predicted octanol–water partition coefficient (Wildman–Crippen LogP) is 2.97. The third-order valence-corrected chi connectivity index (χ3v) is 3.34. The zero-order chi connectivity index (χ0) is 11.5. The first-order valence-electron chi connectivity index (χ1n) is 6.10. The quantitative estimate of drug-likeness (QED) is 0.725. The van der Waals surface area contributed by atoms with E-state index < -0.39 is 0 Å². The summed E-state index contributed by atoms with van der Waals surface area (Å²) in [5.74, 6) is 0. The summed E-state index contributed by atoms with van der Waals surface area (Å²) in [6.07, 6.45) is 4.52. The molecule has 1 aliphatic rings. The average molecular weight is 217 g/mol. The summed E-state index contributed by atoms with van der Waals surface area (Å²) in [7, 11) is 0. The number of carbonyl (C=O) groups excluding carboxylic acids is 1. The molecule has 1 heterocycles. The molecule has 16 heavy (non-hydrogen) atoms. The third kappa shape index (κ3) is 1.97. The van der Waals surface area contributed by atoms with E-state index in [0.717, 1.165) is 31.4 Å². The fourth-order valence-electron chi connectivity index (χ4n) is 2.61. The van der Waals surface area contributed by atoms with Gasteiger partial charge in [0, 0.05) is 24.3 Å². The molecule has 0 unspecified atom stereocenters. The molecule has 2 nitrogen and oxygen atoms in total. The van der Waals surface area contributed by atoms with Gasteiger partial charge in [-0.2, -0.15) is 0 Å². The lowest BCUT2D eigenvalue weighted by Gasteiger charge is -2.23. The van der Waals surface area contributed by atoms with Crippen LogP contribution in [-0.4, -0.2) is 19.4 Å². The van der Waals surface area contributed by atoms with E-state index >= 15 is 0 Å². The molecule has 0 radical (unpaired) electrons. The van der Waals surface area contributed by atoms with E-state index in [2.05, 4.69) is 18.7 Å². The highest BCUT2D eigenvalue weighted by Crippen LogP contribution is 2.29. The number of carbonyl (C=O) groups is 1. The molecule has 0 atom stereocenters. The van der Waals surface area contributed by atoms with Crippen LogP contribution in [0.15, 0.2) is 12.1 Å². The first kappa shape index (κ1) is 11.2. The zero-order valence-electron chi connectivity index (χ0n) is 10.1. The summed E-state index contributed by atoms with van der Waals surface area (Å²) in [4.78, 5) is 13.3. The van der Waals surface area contributed by atoms with Gasteiger partial charge in [0.1, 0.15) is 6.29 Å². The van der Waals surface area contributed by atoms with Crippen molar-refractivity contribution < 1.29 is 4.79 Å². The molecule has 1 aliphatic heterocycles. The van der Waals surface area contributed by atoms with Crippen molar-refractivity contribution >= 4 is 12.0 Å². The van der Waals surface area contributed by atoms with Crippen LogP contribution in [0.4, 0.5) is 5.69 Å². The molecule has 0 amide bonds. The molecular formula is C14H19NO. The summed E-state index contributed by atoms with van der Waals surface area (Å²) < 4.78 is 0. The molecule has 0 aromatic heterocycles. The minimum absolute atomic E-state index is 0.803. The van der Waals surface area contributed by atoms with Crippen molar-refractivity contribution in [1.29, 1.82) is 0 Å². The molecule has 1 saturated heterocycles. The second-order valence-corrected chi connectivity index (χ2v) is 4.51. The summed E-state index contributed by atoms with van der Waals surface area (Å²) in [6.45, 7) is 6.59. The number of benzene rings is 1. The molecule has 1 fully saturated rings. The second-order valence-electron chi connectivity index (χ2n) is 4.51. The minimum atomic E-state index is 0.803. The van der Waals surface area contributed by atoms with Gasteiger partial charge in [-0.1, -0.05) is 6.92 Å². The smallest absolute Gasteiger partial charge is 0.150 e. The van der Waals surface area contributed by atoms with E-state index in [9.17, 15) is 4.79 Å². The lowest BCUT2D eigenvalue weighted by molar-refractivity contribution is 0.112. The van der Waals surface area contributed by atoms with Crippen LogP contribution < -0.4 is 4.90 Å². The van der Waals surface area contributed by atoms with Crippen LogP contribution in [0, 0.1) is 6.92 Å². The molecule has 0 saturated carbocycles. The summed E-state index contributed by atoms with van der Waals surface area (Å²) in [5.41, 5.74) is 4.72. The van der Waals surface area contributed by atoms with Gasteiger partial charge in [0.05, 0.1) is 0 Å². The topological polar surface area (TPSA) is 20.3 Å². The third-order valence-electron chi connectivity index (χ3n) is 3.34. The van der Waals surface area contributed by atoms with Gasteiger partial charge in [-0.15, -0.1) is 0 Å². The van der Waals surface area contributed by atoms with Crippen LogP contribution in [0.1, 0.15) is 41.3 Å². The molecule has 1 aromatic rings. The van der Waals surface area contributed by atoms with Crippen LogP contribution in [0.25, 0.3) is 0 Å². The van der Waals surface area contributed by atoms with E-state index in [1.807, 2.05) is 12.1 Å². The van der Waals surface area contributed by atoms with E-state index in [1.54, 1.807) is 0 Å². The van der Waals surface area contributed by atoms with Crippen molar-refractivity contribution in [2.45, 2.75) is 33.1 Å². The van der Waals surface area contributed by atoms with Gasteiger partial charge >= 0.3 is 0 Å². The fraction of sp³-hybridized carbons (Fsp3) is 0.500. The number of hydrogen-bond donors (Lipinski definition) is 0. The van der Waals surface area contributed by atoms with E-state index in [1.165, 1.54) is 29.7 Å². The highest BCUT2D eigenvalue weighted by atomic mass is 16.1. The molecule has 0 aliphatic carbocycles. The monoisotopic (exact) mass is 217 g/mol. The van der Waals surface area contributed by atoms with Crippen LogP contribution >= 0.6 is 0 Å². The van der Waals surface area contributed by atoms with Crippen molar-refractivity contribution in [1.82, 2.24) is 0 Å². The van der Waals surface area contributed by atoms with Crippen molar-refractivity contribution in [3.63, 3.8) is 0 Å². The number of aldehydes is 1. The van der Waals surface area contributed by atoms with E-state index in [-0.39, 0.29) is 0 Å². The number of rotatable bonds is 3.